The number of hydrogen-bond donors (Lipinski definition) is 1. The van der Waals surface area contributed by atoms with E-state index in [1.165, 1.54) is 11.3 Å². The third kappa shape index (κ3) is 5.21. The summed E-state index contributed by atoms with van der Waals surface area (Å²) in [6.07, 6.45) is 3.74. The Morgan fingerprint density at radius 2 is 1.94 bits per heavy atom. The number of pyridine rings is 1. The van der Waals surface area contributed by atoms with E-state index in [9.17, 15) is 9.59 Å². The number of benzene rings is 1. The van der Waals surface area contributed by atoms with Gasteiger partial charge in [-0.2, -0.15) is 0 Å². The fourth-order valence-corrected chi connectivity index (χ4v) is 4.30. The SMILES string of the molecule is Cc1ccc(NC(=O)N2CCN(C(=O)Cc3csc(-c4cccnc4)n3)CC2)cc1Cl. The van der Waals surface area contributed by atoms with Gasteiger partial charge in [-0.15, -0.1) is 11.3 Å². The van der Waals surface area contributed by atoms with Crippen molar-refractivity contribution < 1.29 is 9.59 Å². The highest BCUT2D eigenvalue weighted by molar-refractivity contribution is 7.13. The van der Waals surface area contributed by atoms with Gasteiger partial charge < -0.3 is 15.1 Å². The average molecular weight is 456 g/mol. The van der Waals surface area contributed by atoms with Crippen LogP contribution in [0.1, 0.15) is 11.3 Å². The van der Waals surface area contributed by atoms with Gasteiger partial charge in [-0.3, -0.25) is 9.78 Å². The van der Waals surface area contributed by atoms with E-state index in [-0.39, 0.29) is 18.4 Å². The van der Waals surface area contributed by atoms with Crippen molar-refractivity contribution in [2.75, 3.05) is 31.5 Å². The van der Waals surface area contributed by atoms with Crippen LogP contribution in [0, 0.1) is 6.92 Å². The van der Waals surface area contributed by atoms with Crippen LogP contribution >= 0.6 is 22.9 Å². The summed E-state index contributed by atoms with van der Waals surface area (Å²) in [6.45, 7) is 3.88. The topological polar surface area (TPSA) is 78.4 Å². The van der Waals surface area contributed by atoms with E-state index in [4.69, 9.17) is 11.6 Å². The van der Waals surface area contributed by atoms with Crippen LogP contribution in [-0.2, 0) is 11.2 Å². The maximum atomic E-state index is 12.7. The molecule has 4 rings (SSSR count). The van der Waals surface area contributed by atoms with Crippen molar-refractivity contribution in [3.8, 4) is 10.6 Å². The van der Waals surface area contributed by atoms with Crippen LogP contribution in [0.25, 0.3) is 10.6 Å². The Labute approximate surface area is 189 Å². The summed E-state index contributed by atoms with van der Waals surface area (Å²) in [5.74, 6) is 0.0217. The molecule has 31 heavy (non-hydrogen) atoms. The molecule has 0 atom stereocenters. The molecule has 2 aromatic heterocycles. The summed E-state index contributed by atoms with van der Waals surface area (Å²) < 4.78 is 0. The Bertz CT molecular complexity index is 1080. The van der Waals surface area contributed by atoms with E-state index in [1.54, 1.807) is 28.3 Å². The molecule has 1 fully saturated rings. The van der Waals surface area contributed by atoms with Crippen LogP contribution in [0.4, 0.5) is 10.5 Å². The van der Waals surface area contributed by atoms with Gasteiger partial charge in [0.05, 0.1) is 12.1 Å². The summed E-state index contributed by atoms with van der Waals surface area (Å²) in [4.78, 5) is 37.4. The molecule has 3 aromatic rings. The number of amides is 3. The average Bonchev–Trinajstić information content (AvgIpc) is 3.25. The van der Waals surface area contributed by atoms with Crippen molar-refractivity contribution in [1.29, 1.82) is 0 Å². The first-order valence-corrected chi connectivity index (χ1v) is 11.2. The molecule has 1 aromatic carbocycles. The number of urea groups is 1. The van der Waals surface area contributed by atoms with E-state index in [0.717, 1.165) is 21.8 Å². The third-order valence-electron chi connectivity index (χ3n) is 5.14. The van der Waals surface area contributed by atoms with E-state index >= 15 is 0 Å². The predicted octanol–water partition coefficient (Wildman–Crippen LogP) is 4.09. The van der Waals surface area contributed by atoms with E-state index < -0.39 is 0 Å². The maximum absolute atomic E-state index is 12.7. The second kappa shape index (κ2) is 9.45. The molecule has 160 valence electrons. The fourth-order valence-electron chi connectivity index (χ4n) is 3.31. The Kier molecular flexibility index (Phi) is 6.48. The molecule has 0 radical (unpaired) electrons. The van der Waals surface area contributed by atoms with Crippen LogP contribution in [0.5, 0.6) is 0 Å². The smallest absolute Gasteiger partial charge is 0.321 e. The number of aromatic nitrogens is 2. The van der Waals surface area contributed by atoms with Gasteiger partial charge in [0, 0.05) is 60.2 Å². The highest BCUT2D eigenvalue weighted by Crippen LogP contribution is 2.23. The van der Waals surface area contributed by atoms with Crippen molar-refractivity contribution in [3.63, 3.8) is 0 Å². The molecule has 0 unspecified atom stereocenters. The number of carbonyl (C=O) groups excluding carboxylic acids is 2. The Morgan fingerprint density at radius 3 is 2.65 bits per heavy atom. The number of aryl methyl sites for hydroxylation is 1. The zero-order valence-corrected chi connectivity index (χ0v) is 18.6. The van der Waals surface area contributed by atoms with E-state index in [1.807, 2.05) is 36.6 Å². The van der Waals surface area contributed by atoms with Crippen LogP contribution in [0.2, 0.25) is 5.02 Å². The highest BCUT2D eigenvalue weighted by Gasteiger charge is 2.25. The Hall–Kier alpha value is -2.97. The monoisotopic (exact) mass is 455 g/mol. The van der Waals surface area contributed by atoms with Crippen LogP contribution in [-0.4, -0.2) is 57.9 Å². The quantitative estimate of drug-likeness (QED) is 0.642. The number of anilines is 1. The zero-order valence-electron chi connectivity index (χ0n) is 17.0. The summed E-state index contributed by atoms with van der Waals surface area (Å²) in [5, 5.41) is 6.25. The number of nitrogens with zero attached hydrogens (tertiary/aromatic N) is 4. The van der Waals surface area contributed by atoms with E-state index in [2.05, 4.69) is 15.3 Å². The summed E-state index contributed by atoms with van der Waals surface area (Å²) >= 11 is 7.63. The van der Waals surface area contributed by atoms with Crippen LogP contribution < -0.4 is 5.32 Å². The Morgan fingerprint density at radius 1 is 1.16 bits per heavy atom. The molecule has 1 saturated heterocycles. The summed E-state index contributed by atoms with van der Waals surface area (Å²) in [7, 11) is 0. The first-order chi connectivity index (χ1) is 15.0. The van der Waals surface area contributed by atoms with E-state index in [0.29, 0.717) is 36.9 Å². The van der Waals surface area contributed by atoms with Gasteiger partial charge in [-0.25, -0.2) is 9.78 Å². The normalized spacial score (nSPS) is 13.9. The fraction of sp³-hybridized carbons (Fsp3) is 0.273. The van der Waals surface area contributed by atoms with Gasteiger partial charge >= 0.3 is 6.03 Å². The van der Waals surface area contributed by atoms with Gasteiger partial charge in [0.2, 0.25) is 5.91 Å². The summed E-state index contributed by atoms with van der Waals surface area (Å²) in [6, 6.07) is 9.06. The van der Waals surface area contributed by atoms with Crippen molar-refractivity contribution in [2.45, 2.75) is 13.3 Å². The first-order valence-electron chi connectivity index (χ1n) is 9.94. The second-order valence-corrected chi connectivity index (χ2v) is 8.59. The molecule has 3 amide bonds. The number of halogens is 1. The lowest BCUT2D eigenvalue weighted by molar-refractivity contribution is -0.131. The Balaban J connectivity index is 1.28. The molecule has 3 heterocycles. The van der Waals surface area contributed by atoms with Gasteiger partial charge in [0.15, 0.2) is 0 Å². The lowest BCUT2D eigenvalue weighted by Gasteiger charge is -2.34. The molecule has 0 bridgehead atoms. The lowest BCUT2D eigenvalue weighted by atomic mass is 10.2. The number of thiazole rings is 1. The molecular formula is C22H22ClN5O2S. The zero-order chi connectivity index (χ0) is 21.8. The number of piperazine rings is 1. The minimum atomic E-state index is -0.187. The van der Waals surface area contributed by atoms with Gasteiger partial charge in [-0.1, -0.05) is 17.7 Å². The van der Waals surface area contributed by atoms with Crippen molar-refractivity contribution in [3.05, 3.63) is 64.4 Å². The van der Waals surface area contributed by atoms with Crippen LogP contribution in [0.3, 0.4) is 0 Å². The molecule has 1 aliphatic heterocycles. The highest BCUT2D eigenvalue weighted by atomic mass is 35.5. The molecule has 9 heteroatoms. The van der Waals surface area contributed by atoms with Crippen molar-refractivity contribution >= 4 is 40.6 Å². The van der Waals surface area contributed by atoms with Gasteiger partial charge in [0.25, 0.3) is 0 Å². The maximum Gasteiger partial charge on any atom is 0.321 e. The van der Waals surface area contributed by atoms with Crippen molar-refractivity contribution in [2.24, 2.45) is 0 Å². The van der Waals surface area contributed by atoms with Gasteiger partial charge in [-0.05, 0) is 36.8 Å². The molecule has 1 N–H and O–H groups in total. The molecule has 0 aliphatic carbocycles. The van der Waals surface area contributed by atoms with Crippen molar-refractivity contribution in [1.82, 2.24) is 19.8 Å². The molecule has 0 spiro atoms. The number of rotatable bonds is 4. The second-order valence-electron chi connectivity index (χ2n) is 7.32. The van der Waals surface area contributed by atoms with Crippen LogP contribution in [0.15, 0.2) is 48.1 Å². The summed E-state index contributed by atoms with van der Waals surface area (Å²) in [5.41, 5.74) is 3.32. The van der Waals surface area contributed by atoms with Gasteiger partial charge in [0.1, 0.15) is 5.01 Å². The third-order valence-corrected chi connectivity index (χ3v) is 6.48. The molecule has 7 nitrogen and oxygen atoms in total. The minimum Gasteiger partial charge on any atom is -0.339 e. The molecule has 1 aliphatic rings. The lowest BCUT2D eigenvalue weighted by Crippen LogP contribution is -2.52. The molecular weight excluding hydrogens is 434 g/mol. The number of nitrogens with one attached hydrogen (secondary N) is 1. The standard InChI is InChI=1S/C22H22ClN5O2S/c1-15-4-5-17(11-19(15)23)26-22(30)28-9-7-27(8-10-28)20(29)12-18-14-31-21(25-18)16-3-2-6-24-13-16/h2-6,11,13-14H,7-10,12H2,1H3,(H,26,30). The minimum absolute atomic E-state index is 0.0217. The molecule has 0 saturated carbocycles. The number of carbonyl (C=O) groups is 2. The predicted molar refractivity (Wildman–Crippen MR) is 122 cm³/mol. The number of hydrogen-bond acceptors (Lipinski definition) is 5. The first kappa shape index (κ1) is 21.3. The largest absolute Gasteiger partial charge is 0.339 e.